The molecule has 7 heteroatoms. The Hall–Kier alpha value is -1.73. The Labute approximate surface area is 162 Å². The molecule has 3 heterocycles. The molecule has 4 nitrogen and oxygen atoms in total. The first-order chi connectivity index (χ1) is 12.8. The molecule has 148 valence electrons. The zero-order chi connectivity index (χ0) is 19.6. The third-order valence-electron chi connectivity index (χ3n) is 5.24. The van der Waals surface area contributed by atoms with Gasteiger partial charge in [0.25, 0.3) is 11.8 Å². The summed E-state index contributed by atoms with van der Waals surface area (Å²) in [5, 5.41) is 9.23. The highest BCUT2D eigenvalue weighted by Crippen LogP contribution is 2.34. The topological polar surface area (TPSA) is 43.8 Å². The molecule has 2 aliphatic rings. The molecule has 0 bridgehead atoms. The number of nitrogens with zero attached hydrogens (tertiary/aromatic N) is 2. The first-order valence-corrected chi connectivity index (χ1v) is 10.1. The van der Waals surface area contributed by atoms with Gasteiger partial charge in [-0.15, -0.1) is 11.3 Å². The van der Waals surface area contributed by atoms with Crippen LogP contribution in [0.3, 0.4) is 0 Å². The lowest BCUT2D eigenvalue weighted by Gasteiger charge is -2.30. The summed E-state index contributed by atoms with van der Waals surface area (Å²) >= 11 is 1.35. The second-order valence-electron chi connectivity index (χ2n) is 7.37. The van der Waals surface area contributed by atoms with Crippen molar-refractivity contribution in [2.45, 2.75) is 32.1 Å². The Morgan fingerprint density at radius 2 is 2.00 bits per heavy atom. The molecule has 1 amide bonds. The SMILES string of the molecule is CN1CCC=C(c2ccc(C(=O)N3CCC(CO)CC3)s2)C=C1C(C)(F)F. The second kappa shape index (κ2) is 8.10. The number of thiophene rings is 1. The van der Waals surface area contributed by atoms with Crippen LogP contribution in [0.4, 0.5) is 8.78 Å². The summed E-state index contributed by atoms with van der Waals surface area (Å²) in [6, 6.07) is 3.63. The Kier molecular flexibility index (Phi) is 6.01. The van der Waals surface area contributed by atoms with E-state index < -0.39 is 5.92 Å². The number of rotatable bonds is 4. The molecule has 0 atom stereocenters. The van der Waals surface area contributed by atoms with Crippen LogP contribution in [0, 0.1) is 5.92 Å². The van der Waals surface area contributed by atoms with Crippen LogP contribution in [0.25, 0.3) is 5.57 Å². The molecule has 0 aromatic carbocycles. The highest BCUT2D eigenvalue weighted by molar-refractivity contribution is 7.15. The van der Waals surface area contributed by atoms with Gasteiger partial charge in [0.05, 0.1) is 10.6 Å². The number of hydrogen-bond acceptors (Lipinski definition) is 4. The van der Waals surface area contributed by atoms with Crippen molar-refractivity contribution < 1.29 is 18.7 Å². The van der Waals surface area contributed by atoms with Crippen LogP contribution in [0.5, 0.6) is 0 Å². The van der Waals surface area contributed by atoms with Crippen LogP contribution in [0.1, 0.15) is 40.7 Å². The van der Waals surface area contributed by atoms with Crippen molar-refractivity contribution in [1.29, 1.82) is 0 Å². The van der Waals surface area contributed by atoms with Gasteiger partial charge in [-0.1, -0.05) is 6.08 Å². The standard InChI is InChI=1S/C20H26F2N2O2S/c1-20(21,22)18-12-15(4-3-9-23(18)2)16-5-6-17(27-16)19(26)24-10-7-14(13-25)8-11-24/h4-6,12,14,25H,3,7-11,13H2,1-2H3. The van der Waals surface area contributed by atoms with Crippen molar-refractivity contribution in [1.82, 2.24) is 9.80 Å². The third-order valence-corrected chi connectivity index (χ3v) is 6.37. The minimum atomic E-state index is -2.91. The maximum Gasteiger partial charge on any atom is 0.284 e. The van der Waals surface area contributed by atoms with E-state index in [1.54, 1.807) is 24.1 Å². The highest BCUT2D eigenvalue weighted by atomic mass is 32.1. The van der Waals surface area contributed by atoms with Crippen molar-refractivity contribution in [3.05, 3.63) is 39.7 Å². The van der Waals surface area contributed by atoms with E-state index in [4.69, 9.17) is 0 Å². The van der Waals surface area contributed by atoms with Crippen LogP contribution < -0.4 is 0 Å². The average molecular weight is 397 g/mol. The molecule has 27 heavy (non-hydrogen) atoms. The Balaban J connectivity index is 1.78. The van der Waals surface area contributed by atoms with Gasteiger partial charge in [-0.3, -0.25) is 4.79 Å². The quantitative estimate of drug-likeness (QED) is 0.841. The molecule has 0 aliphatic carbocycles. The van der Waals surface area contributed by atoms with E-state index in [2.05, 4.69) is 0 Å². The number of aliphatic hydroxyl groups excluding tert-OH is 1. The molecular weight excluding hydrogens is 370 g/mol. The predicted octanol–water partition coefficient (Wildman–Crippen LogP) is 3.85. The summed E-state index contributed by atoms with van der Waals surface area (Å²) in [6.45, 7) is 2.92. The number of halogens is 2. The van der Waals surface area contributed by atoms with Crippen molar-refractivity contribution in [2.24, 2.45) is 5.92 Å². The molecule has 1 aromatic rings. The first kappa shape index (κ1) is 20.0. The van der Waals surface area contributed by atoms with Crippen molar-refractivity contribution >= 4 is 22.8 Å². The van der Waals surface area contributed by atoms with Gasteiger partial charge in [0.1, 0.15) is 0 Å². The summed E-state index contributed by atoms with van der Waals surface area (Å²) in [5.74, 6) is -2.65. The smallest absolute Gasteiger partial charge is 0.284 e. The van der Waals surface area contributed by atoms with Gasteiger partial charge in [-0.05, 0) is 49.0 Å². The van der Waals surface area contributed by atoms with E-state index >= 15 is 0 Å². The number of likely N-dealkylation sites (tertiary alicyclic amines) is 1. The lowest BCUT2D eigenvalue weighted by Crippen LogP contribution is -2.38. The molecule has 2 aliphatic heterocycles. The van der Waals surface area contributed by atoms with Gasteiger partial charge in [0, 0.05) is 45.1 Å². The predicted molar refractivity (Wildman–Crippen MR) is 104 cm³/mol. The Bertz CT molecular complexity index is 743. The van der Waals surface area contributed by atoms with Gasteiger partial charge in [-0.2, -0.15) is 0 Å². The van der Waals surface area contributed by atoms with Crippen LogP contribution in [-0.4, -0.2) is 60.0 Å². The zero-order valence-electron chi connectivity index (χ0n) is 15.8. The van der Waals surface area contributed by atoms with Gasteiger partial charge in [0.2, 0.25) is 0 Å². The molecule has 0 saturated carbocycles. The number of allylic oxidation sites excluding steroid dienone is 3. The van der Waals surface area contributed by atoms with Crippen LogP contribution >= 0.6 is 11.3 Å². The normalized spacial score (nSPS) is 19.6. The van der Waals surface area contributed by atoms with E-state index in [0.29, 0.717) is 30.9 Å². The lowest BCUT2D eigenvalue weighted by molar-refractivity contribution is 0.0352. The molecule has 0 spiro atoms. The van der Waals surface area contributed by atoms with E-state index in [1.165, 1.54) is 11.3 Å². The number of carbonyl (C=O) groups is 1. The number of hydrogen-bond donors (Lipinski definition) is 1. The van der Waals surface area contributed by atoms with Crippen LogP contribution in [0.15, 0.2) is 30.0 Å². The number of carbonyl (C=O) groups excluding carboxylic acids is 1. The summed E-state index contributed by atoms with van der Waals surface area (Å²) in [6.07, 6.45) is 5.81. The van der Waals surface area contributed by atoms with Crippen molar-refractivity contribution in [3.63, 3.8) is 0 Å². The molecule has 3 rings (SSSR count). The number of alkyl halides is 2. The molecule has 0 unspecified atom stereocenters. The van der Waals surface area contributed by atoms with Gasteiger partial charge < -0.3 is 14.9 Å². The summed E-state index contributed by atoms with van der Waals surface area (Å²) in [5.41, 5.74) is 0.748. The van der Waals surface area contributed by atoms with Crippen LogP contribution in [0.2, 0.25) is 0 Å². The first-order valence-electron chi connectivity index (χ1n) is 9.31. The fourth-order valence-electron chi connectivity index (χ4n) is 3.57. The second-order valence-corrected chi connectivity index (χ2v) is 8.45. The Morgan fingerprint density at radius 1 is 1.30 bits per heavy atom. The minimum Gasteiger partial charge on any atom is -0.396 e. The highest BCUT2D eigenvalue weighted by Gasteiger charge is 2.32. The van der Waals surface area contributed by atoms with Gasteiger partial charge in [0.15, 0.2) is 0 Å². The molecule has 1 N–H and O–H groups in total. The molecule has 0 radical (unpaired) electrons. The fraction of sp³-hybridized carbons (Fsp3) is 0.550. The average Bonchev–Trinajstić information content (AvgIpc) is 3.04. The monoisotopic (exact) mass is 396 g/mol. The summed E-state index contributed by atoms with van der Waals surface area (Å²) in [7, 11) is 1.68. The molecular formula is C20H26F2N2O2S. The zero-order valence-corrected chi connectivity index (χ0v) is 16.6. The van der Waals surface area contributed by atoms with Crippen molar-refractivity contribution in [3.8, 4) is 0 Å². The van der Waals surface area contributed by atoms with Crippen LogP contribution in [-0.2, 0) is 0 Å². The minimum absolute atomic E-state index is 0.00129. The van der Waals surface area contributed by atoms with E-state index in [9.17, 15) is 18.7 Å². The molecule has 1 fully saturated rings. The summed E-state index contributed by atoms with van der Waals surface area (Å²) < 4.78 is 27.9. The largest absolute Gasteiger partial charge is 0.396 e. The summed E-state index contributed by atoms with van der Waals surface area (Å²) in [4.78, 5) is 17.6. The third kappa shape index (κ3) is 4.58. The van der Waals surface area contributed by atoms with Crippen molar-refractivity contribution in [2.75, 3.05) is 33.3 Å². The fourth-order valence-corrected chi connectivity index (χ4v) is 4.55. The van der Waals surface area contributed by atoms with Gasteiger partial charge >= 0.3 is 0 Å². The lowest BCUT2D eigenvalue weighted by atomic mass is 9.98. The Morgan fingerprint density at radius 3 is 2.63 bits per heavy atom. The number of piperidine rings is 1. The van der Waals surface area contributed by atoms with Gasteiger partial charge in [-0.25, -0.2) is 8.78 Å². The molecule has 1 saturated heterocycles. The maximum atomic E-state index is 14.0. The number of aliphatic hydroxyl groups is 1. The van der Waals surface area contributed by atoms with E-state index in [-0.39, 0.29) is 24.1 Å². The van der Waals surface area contributed by atoms with E-state index in [1.807, 2.05) is 17.0 Å². The molecule has 1 aromatic heterocycles. The maximum absolute atomic E-state index is 14.0. The van der Waals surface area contributed by atoms with E-state index in [0.717, 1.165) is 30.2 Å². The number of amides is 1.